The monoisotopic (exact) mass is 568 g/mol. The summed E-state index contributed by atoms with van der Waals surface area (Å²) < 4.78 is 32.6. The smallest absolute Gasteiger partial charge is 0.245 e. The second kappa shape index (κ2) is 10.7. The highest BCUT2D eigenvalue weighted by molar-refractivity contribution is 7.92. The Morgan fingerprint density at radius 3 is 2.50 bits per heavy atom. The molecule has 3 aliphatic heterocycles. The van der Waals surface area contributed by atoms with Gasteiger partial charge in [-0.25, -0.2) is 8.42 Å². The number of fused-ring (bicyclic) bond motifs is 3. The minimum Gasteiger partial charge on any atom is -0.493 e. The van der Waals surface area contributed by atoms with Gasteiger partial charge in [0.25, 0.3) is 0 Å². The van der Waals surface area contributed by atoms with Crippen LogP contribution in [0.1, 0.15) is 50.7 Å². The van der Waals surface area contributed by atoms with Crippen LogP contribution in [0, 0.1) is 5.92 Å². The lowest BCUT2D eigenvalue weighted by atomic mass is 9.74. The summed E-state index contributed by atoms with van der Waals surface area (Å²) in [6, 6.07) is 14.9. The summed E-state index contributed by atoms with van der Waals surface area (Å²) in [5.74, 6) is 0.552. The number of carbonyl (C=O) groups excluding carboxylic acids is 2. The number of amides is 2. The number of nitrogens with two attached hydrogens (primary N) is 1. The summed E-state index contributed by atoms with van der Waals surface area (Å²) in [6.07, 6.45) is 4.57. The third-order valence-corrected chi connectivity index (χ3v) is 9.77. The van der Waals surface area contributed by atoms with Gasteiger partial charge in [0.15, 0.2) is 0 Å². The summed E-state index contributed by atoms with van der Waals surface area (Å²) in [6.45, 7) is 5.18. The van der Waals surface area contributed by atoms with Gasteiger partial charge in [-0.15, -0.1) is 0 Å². The molecule has 2 aromatic carbocycles. The van der Waals surface area contributed by atoms with Crippen molar-refractivity contribution in [1.29, 1.82) is 0 Å². The molecule has 10 heteroatoms. The van der Waals surface area contributed by atoms with Crippen molar-refractivity contribution in [3.05, 3.63) is 59.7 Å². The molecule has 1 saturated heterocycles. The van der Waals surface area contributed by atoms with Crippen molar-refractivity contribution in [2.45, 2.75) is 62.9 Å². The largest absolute Gasteiger partial charge is 0.493 e. The molecular formula is C30H40N4O5S. The van der Waals surface area contributed by atoms with E-state index in [1.807, 2.05) is 47.4 Å². The normalized spacial score (nSPS) is 21.1. The molecule has 0 radical (unpaired) electrons. The van der Waals surface area contributed by atoms with E-state index in [-0.39, 0.29) is 23.1 Å². The van der Waals surface area contributed by atoms with Crippen LogP contribution >= 0.6 is 0 Å². The number of hydrogen-bond acceptors (Lipinski definition) is 6. The number of anilines is 1. The molecule has 2 aromatic rings. The molecule has 9 nitrogen and oxygen atoms in total. The fraction of sp³-hybridized carbons (Fsp3) is 0.533. The number of rotatable bonds is 6. The van der Waals surface area contributed by atoms with Crippen LogP contribution in [-0.4, -0.2) is 69.2 Å². The number of piperidine rings is 1. The molecule has 40 heavy (non-hydrogen) atoms. The van der Waals surface area contributed by atoms with Gasteiger partial charge in [0, 0.05) is 25.0 Å². The predicted octanol–water partition coefficient (Wildman–Crippen LogP) is 2.58. The molecule has 2 atom stereocenters. The molecule has 3 heterocycles. The second-order valence-corrected chi connectivity index (χ2v) is 14.1. The lowest BCUT2D eigenvalue weighted by Gasteiger charge is -2.41. The maximum absolute atomic E-state index is 14.0. The second-order valence-electron chi connectivity index (χ2n) is 12.2. The molecule has 0 unspecified atom stereocenters. The van der Waals surface area contributed by atoms with Crippen LogP contribution in [0.15, 0.2) is 48.5 Å². The lowest BCUT2D eigenvalue weighted by molar-refractivity contribution is -0.139. The minimum absolute atomic E-state index is 0.114. The standard InChI is InChI=1S/C30H40N4O5S/c1-29(2,31)28(36)32-24(19-21-12-17-39-26-11-7-4-8-22(26)18-21)27(35)33-15-13-30(14-16-33)20-34(40(3,37)38)25-10-6-5-9-23(25)30/h4-11,21,24H,12-20,31H2,1-3H3,(H,32,36)/t21-,24-/m1/s1. The maximum atomic E-state index is 14.0. The van der Waals surface area contributed by atoms with Gasteiger partial charge in [-0.1, -0.05) is 36.4 Å². The Labute approximate surface area is 237 Å². The maximum Gasteiger partial charge on any atom is 0.245 e. The van der Waals surface area contributed by atoms with Crippen LogP contribution < -0.4 is 20.1 Å². The fourth-order valence-corrected chi connectivity index (χ4v) is 7.34. The number of hydrogen-bond donors (Lipinski definition) is 2. The van der Waals surface area contributed by atoms with Crippen LogP contribution in [0.3, 0.4) is 0 Å². The molecule has 1 fully saturated rings. The van der Waals surface area contributed by atoms with E-state index in [4.69, 9.17) is 10.5 Å². The first-order valence-corrected chi connectivity index (χ1v) is 15.9. The van der Waals surface area contributed by atoms with E-state index in [9.17, 15) is 18.0 Å². The Hall–Kier alpha value is -3.11. The zero-order valence-electron chi connectivity index (χ0n) is 23.6. The molecule has 0 saturated carbocycles. The van der Waals surface area contributed by atoms with Crippen molar-refractivity contribution in [1.82, 2.24) is 10.2 Å². The number of benzene rings is 2. The van der Waals surface area contributed by atoms with Crippen molar-refractivity contribution in [3.8, 4) is 5.75 Å². The van der Waals surface area contributed by atoms with Crippen molar-refractivity contribution in [3.63, 3.8) is 0 Å². The summed E-state index contributed by atoms with van der Waals surface area (Å²) >= 11 is 0. The van der Waals surface area contributed by atoms with Gasteiger partial charge in [0.1, 0.15) is 11.8 Å². The molecule has 0 aromatic heterocycles. The fourth-order valence-electron chi connectivity index (χ4n) is 6.35. The Morgan fingerprint density at radius 1 is 1.12 bits per heavy atom. The number of nitrogens with zero attached hydrogens (tertiary/aromatic N) is 2. The van der Waals surface area contributed by atoms with Crippen LogP contribution in [0.25, 0.3) is 0 Å². The Morgan fingerprint density at radius 2 is 1.80 bits per heavy atom. The third kappa shape index (κ3) is 5.69. The van der Waals surface area contributed by atoms with Crippen LogP contribution in [-0.2, 0) is 31.4 Å². The molecule has 1 spiro atoms. The molecule has 2 amide bonds. The lowest BCUT2D eigenvalue weighted by Crippen LogP contribution is -2.58. The van der Waals surface area contributed by atoms with E-state index in [1.165, 1.54) is 10.6 Å². The van der Waals surface area contributed by atoms with E-state index in [0.717, 1.165) is 35.4 Å². The van der Waals surface area contributed by atoms with Crippen molar-refractivity contribution < 1.29 is 22.7 Å². The van der Waals surface area contributed by atoms with Gasteiger partial charge in [0.2, 0.25) is 21.8 Å². The van der Waals surface area contributed by atoms with E-state index in [0.29, 0.717) is 45.5 Å². The quantitative estimate of drug-likeness (QED) is 0.553. The number of sulfonamides is 1. The van der Waals surface area contributed by atoms with Crippen LogP contribution in [0.4, 0.5) is 5.69 Å². The summed E-state index contributed by atoms with van der Waals surface area (Å²) in [7, 11) is -3.42. The van der Waals surface area contributed by atoms with Gasteiger partial charge in [-0.05, 0) is 75.1 Å². The zero-order valence-corrected chi connectivity index (χ0v) is 24.4. The number of likely N-dealkylation sites (tertiary alicyclic amines) is 1. The first-order valence-electron chi connectivity index (χ1n) is 14.0. The van der Waals surface area contributed by atoms with Gasteiger partial charge in [0.05, 0.1) is 24.1 Å². The van der Waals surface area contributed by atoms with Gasteiger partial charge in [-0.2, -0.15) is 0 Å². The number of ether oxygens (including phenoxy) is 1. The van der Waals surface area contributed by atoms with Crippen molar-refractivity contribution in [2.75, 3.05) is 36.8 Å². The van der Waals surface area contributed by atoms with E-state index in [1.54, 1.807) is 13.8 Å². The molecule has 3 N–H and O–H groups in total. The molecule has 216 valence electrons. The first kappa shape index (κ1) is 28.4. The SMILES string of the molecule is CC(C)(N)C(=O)N[C@H](C[C@@H]1CCOc2ccccc2C1)C(=O)N1CCC2(CC1)CN(S(C)(=O)=O)c1ccccc12. The highest BCUT2D eigenvalue weighted by Gasteiger charge is 2.48. The van der Waals surface area contributed by atoms with E-state index in [2.05, 4.69) is 11.4 Å². The van der Waals surface area contributed by atoms with Crippen molar-refractivity contribution in [2.24, 2.45) is 11.7 Å². The Bertz CT molecular complexity index is 1380. The molecule has 0 aliphatic carbocycles. The first-order chi connectivity index (χ1) is 18.9. The summed E-state index contributed by atoms with van der Waals surface area (Å²) in [4.78, 5) is 28.7. The predicted molar refractivity (Wildman–Crippen MR) is 155 cm³/mol. The molecule has 5 rings (SSSR count). The molecule has 3 aliphatic rings. The van der Waals surface area contributed by atoms with Crippen LogP contribution in [0.5, 0.6) is 5.75 Å². The summed E-state index contributed by atoms with van der Waals surface area (Å²) in [5.41, 5.74) is 7.50. The number of carbonyl (C=O) groups is 2. The molecule has 0 bridgehead atoms. The Kier molecular flexibility index (Phi) is 7.60. The number of nitrogens with one attached hydrogen (secondary N) is 1. The average molecular weight is 569 g/mol. The highest BCUT2D eigenvalue weighted by atomic mass is 32.2. The van der Waals surface area contributed by atoms with Gasteiger partial charge in [-0.3, -0.25) is 13.9 Å². The molecular weight excluding hydrogens is 528 g/mol. The zero-order chi connectivity index (χ0) is 28.7. The van der Waals surface area contributed by atoms with Gasteiger partial charge >= 0.3 is 0 Å². The van der Waals surface area contributed by atoms with E-state index < -0.39 is 21.6 Å². The average Bonchev–Trinajstić information content (AvgIpc) is 3.08. The summed E-state index contributed by atoms with van der Waals surface area (Å²) in [5, 5.41) is 2.97. The third-order valence-electron chi connectivity index (χ3n) is 8.65. The van der Waals surface area contributed by atoms with Gasteiger partial charge < -0.3 is 20.7 Å². The topological polar surface area (TPSA) is 122 Å². The minimum atomic E-state index is -3.42. The number of para-hydroxylation sites is 2. The van der Waals surface area contributed by atoms with Crippen molar-refractivity contribution >= 4 is 27.5 Å². The van der Waals surface area contributed by atoms with Crippen LogP contribution in [0.2, 0.25) is 0 Å². The Balaban J connectivity index is 1.33. The highest BCUT2D eigenvalue weighted by Crippen LogP contribution is 2.48. The van der Waals surface area contributed by atoms with E-state index >= 15 is 0 Å².